The van der Waals surface area contributed by atoms with Gasteiger partial charge in [-0.3, -0.25) is 4.79 Å². The second-order valence-electron chi connectivity index (χ2n) is 8.25. The summed E-state index contributed by atoms with van der Waals surface area (Å²) in [6.07, 6.45) is 2.33. The average molecular weight is 413 g/mol. The summed E-state index contributed by atoms with van der Waals surface area (Å²) in [5.41, 5.74) is 7.55. The van der Waals surface area contributed by atoms with Crippen molar-refractivity contribution in [2.24, 2.45) is 11.7 Å². The van der Waals surface area contributed by atoms with E-state index >= 15 is 0 Å². The van der Waals surface area contributed by atoms with E-state index in [1.54, 1.807) is 12.1 Å². The van der Waals surface area contributed by atoms with Gasteiger partial charge in [0.2, 0.25) is 23.8 Å². The zero-order valence-corrected chi connectivity index (χ0v) is 18.2. The van der Waals surface area contributed by atoms with Crippen LogP contribution in [0.1, 0.15) is 42.6 Å². The molecule has 5 N–H and O–H groups in total. The number of hydrogen-bond donors (Lipinski definition) is 4. The van der Waals surface area contributed by atoms with E-state index in [2.05, 4.69) is 44.7 Å². The average Bonchev–Trinajstić information content (AvgIpc) is 3.21. The van der Waals surface area contributed by atoms with Crippen LogP contribution in [0.2, 0.25) is 0 Å². The Labute approximate surface area is 177 Å². The second kappa shape index (κ2) is 9.71. The minimum Gasteiger partial charge on any atom is -0.366 e. The van der Waals surface area contributed by atoms with Crippen LogP contribution in [0.3, 0.4) is 0 Å². The summed E-state index contributed by atoms with van der Waals surface area (Å²) in [5, 5.41) is 10.0. The molecule has 0 aliphatic carbocycles. The number of nitrogens with one attached hydrogen (secondary N) is 3. The lowest BCUT2D eigenvalue weighted by molar-refractivity contribution is 0.100. The van der Waals surface area contributed by atoms with Crippen LogP contribution in [0.15, 0.2) is 18.2 Å². The second-order valence-corrected chi connectivity index (χ2v) is 8.25. The summed E-state index contributed by atoms with van der Waals surface area (Å²) in [7, 11) is 1.97. The van der Waals surface area contributed by atoms with Gasteiger partial charge in [0.25, 0.3) is 0 Å². The number of hydrogen-bond acceptors (Lipinski definition) is 8. The highest BCUT2D eigenvalue weighted by Gasteiger charge is 2.16. The maximum Gasteiger partial charge on any atom is 0.248 e. The normalized spacial score (nSPS) is 16.0. The van der Waals surface area contributed by atoms with Crippen LogP contribution in [-0.4, -0.2) is 53.6 Å². The van der Waals surface area contributed by atoms with Crippen LogP contribution >= 0.6 is 0 Å². The van der Waals surface area contributed by atoms with Crippen molar-refractivity contribution in [3.63, 3.8) is 0 Å². The van der Waals surface area contributed by atoms with Gasteiger partial charge in [-0.25, -0.2) is 0 Å². The highest BCUT2D eigenvalue weighted by Crippen LogP contribution is 2.22. The van der Waals surface area contributed by atoms with Gasteiger partial charge in [-0.05, 0) is 49.9 Å². The number of amides is 1. The van der Waals surface area contributed by atoms with Gasteiger partial charge in [0.15, 0.2) is 0 Å². The summed E-state index contributed by atoms with van der Waals surface area (Å²) in [6, 6.07) is 5.69. The predicted octanol–water partition coefficient (Wildman–Crippen LogP) is 2.28. The van der Waals surface area contributed by atoms with Crippen molar-refractivity contribution in [2.45, 2.75) is 39.7 Å². The Hall–Kier alpha value is -2.94. The van der Waals surface area contributed by atoms with E-state index in [-0.39, 0.29) is 0 Å². The van der Waals surface area contributed by atoms with E-state index in [0.717, 1.165) is 37.3 Å². The molecule has 2 aromatic rings. The van der Waals surface area contributed by atoms with E-state index in [1.165, 1.54) is 6.42 Å². The number of rotatable bonds is 9. The molecular weight excluding hydrogens is 380 g/mol. The van der Waals surface area contributed by atoms with Gasteiger partial charge >= 0.3 is 0 Å². The zero-order chi connectivity index (χ0) is 21.7. The van der Waals surface area contributed by atoms with Crippen molar-refractivity contribution in [1.82, 2.24) is 20.3 Å². The number of carbonyl (C=O) groups is 1. The molecule has 0 saturated carbocycles. The lowest BCUT2D eigenvalue weighted by Gasteiger charge is -2.21. The fourth-order valence-corrected chi connectivity index (χ4v) is 3.48. The van der Waals surface area contributed by atoms with Crippen LogP contribution in [0.25, 0.3) is 0 Å². The molecule has 1 saturated heterocycles. The number of nitrogens with two attached hydrogens (primary N) is 1. The predicted molar refractivity (Wildman–Crippen MR) is 120 cm³/mol. The topological polar surface area (TPSA) is 121 Å². The Morgan fingerprint density at radius 1 is 1.30 bits per heavy atom. The Balaban J connectivity index is 1.86. The number of nitrogens with zero attached hydrogens (tertiary/aromatic N) is 4. The first-order valence-electron chi connectivity index (χ1n) is 10.4. The molecule has 3 rings (SSSR count). The summed E-state index contributed by atoms with van der Waals surface area (Å²) in [6.45, 7) is 8.89. The van der Waals surface area contributed by atoms with Gasteiger partial charge in [0.1, 0.15) is 0 Å². The summed E-state index contributed by atoms with van der Waals surface area (Å²) in [4.78, 5) is 27.3. The van der Waals surface area contributed by atoms with Crippen molar-refractivity contribution in [2.75, 3.05) is 42.2 Å². The van der Waals surface area contributed by atoms with Crippen LogP contribution in [0.4, 0.5) is 23.5 Å². The SMILES string of the molecule is Cc1ccc(C(N)=O)cc1Nc1nc(NC[C@H]2CCCN2)nc(N(C)CC(C)C)n1. The lowest BCUT2D eigenvalue weighted by Crippen LogP contribution is -2.30. The summed E-state index contributed by atoms with van der Waals surface area (Å²) < 4.78 is 0. The molecule has 0 radical (unpaired) electrons. The first-order chi connectivity index (χ1) is 14.3. The molecule has 1 aromatic carbocycles. The number of aromatic nitrogens is 3. The maximum atomic E-state index is 11.6. The molecule has 0 spiro atoms. The van der Waals surface area contributed by atoms with E-state index in [0.29, 0.717) is 35.4 Å². The third-order valence-corrected chi connectivity index (χ3v) is 5.04. The molecule has 1 amide bonds. The Kier molecular flexibility index (Phi) is 7.04. The Morgan fingerprint density at radius 2 is 2.07 bits per heavy atom. The first kappa shape index (κ1) is 21.8. The highest BCUT2D eigenvalue weighted by atomic mass is 16.1. The van der Waals surface area contributed by atoms with Gasteiger partial charge in [0.05, 0.1) is 0 Å². The quantitative estimate of drug-likeness (QED) is 0.495. The number of aryl methyl sites for hydroxylation is 1. The molecule has 1 aliphatic rings. The fourth-order valence-electron chi connectivity index (χ4n) is 3.48. The summed E-state index contributed by atoms with van der Waals surface area (Å²) in [5.74, 6) is 1.53. The molecule has 9 heteroatoms. The molecule has 162 valence electrons. The molecule has 0 unspecified atom stereocenters. The molecule has 1 fully saturated rings. The molecule has 30 heavy (non-hydrogen) atoms. The third-order valence-electron chi connectivity index (χ3n) is 5.04. The van der Waals surface area contributed by atoms with Crippen molar-refractivity contribution in [3.8, 4) is 0 Å². The van der Waals surface area contributed by atoms with Crippen LogP contribution < -0.4 is 26.6 Å². The number of anilines is 4. The van der Waals surface area contributed by atoms with Crippen molar-refractivity contribution in [3.05, 3.63) is 29.3 Å². The zero-order valence-electron chi connectivity index (χ0n) is 18.2. The fraction of sp³-hybridized carbons (Fsp3) is 0.524. The monoisotopic (exact) mass is 412 g/mol. The molecule has 1 aliphatic heterocycles. The lowest BCUT2D eigenvalue weighted by atomic mass is 10.1. The minimum absolute atomic E-state index is 0.419. The van der Waals surface area contributed by atoms with Crippen molar-refractivity contribution in [1.29, 1.82) is 0 Å². The Bertz CT molecular complexity index is 879. The largest absolute Gasteiger partial charge is 0.366 e. The van der Waals surface area contributed by atoms with Crippen molar-refractivity contribution >= 4 is 29.4 Å². The molecule has 9 nitrogen and oxygen atoms in total. The smallest absolute Gasteiger partial charge is 0.248 e. The van der Waals surface area contributed by atoms with Gasteiger partial charge in [-0.2, -0.15) is 15.0 Å². The molecule has 1 aromatic heterocycles. The molecule has 2 heterocycles. The molecule has 1 atom stereocenters. The van der Waals surface area contributed by atoms with Gasteiger partial charge in [0, 0.05) is 37.4 Å². The van der Waals surface area contributed by atoms with Crippen molar-refractivity contribution < 1.29 is 4.79 Å². The number of primary amides is 1. The van der Waals surface area contributed by atoms with E-state index in [9.17, 15) is 4.79 Å². The third kappa shape index (κ3) is 5.79. The van der Waals surface area contributed by atoms with Gasteiger partial charge < -0.3 is 26.6 Å². The van der Waals surface area contributed by atoms with Gasteiger partial charge in [-0.15, -0.1) is 0 Å². The van der Waals surface area contributed by atoms with Gasteiger partial charge in [-0.1, -0.05) is 19.9 Å². The van der Waals surface area contributed by atoms with E-state index in [4.69, 9.17) is 5.73 Å². The van der Waals surface area contributed by atoms with Crippen LogP contribution in [-0.2, 0) is 0 Å². The number of carbonyl (C=O) groups excluding carboxylic acids is 1. The van der Waals surface area contributed by atoms with Crippen LogP contribution in [0, 0.1) is 12.8 Å². The molecular formula is C21H32N8O. The highest BCUT2D eigenvalue weighted by molar-refractivity contribution is 5.94. The first-order valence-corrected chi connectivity index (χ1v) is 10.4. The Morgan fingerprint density at radius 3 is 2.73 bits per heavy atom. The minimum atomic E-state index is -0.475. The standard InChI is InChI=1S/C21H32N8O/c1-13(2)12-29(4)21-27-19(24-11-16-6-5-9-23-16)26-20(28-21)25-17-10-15(18(22)30)8-7-14(17)3/h7-8,10,13,16,23H,5-6,9,11-12H2,1-4H3,(H2,22,30)(H2,24,25,26,27,28)/t16-/m1/s1. The maximum absolute atomic E-state index is 11.6. The number of benzene rings is 1. The van der Waals surface area contributed by atoms with E-state index in [1.807, 2.05) is 24.9 Å². The summed E-state index contributed by atoms with van der Waals surface area (Å²) >= 11 is 0. The molecule has 0 bridgehead atoms. The van der Waals surface area contributed by atoms with E-state index < -0.39 is 5.91 Å². The van der Waals surface area contributed by atoms with Crippen LogP contribution in [0.5, 0.6) is 0 Å².